The number of carboxylic acids is 2. The maximum atomic E-state index is 10.6. The first-order valence-electron chi connectivity index (χ1n) is 3.49. The number of halogens is 1. The number of hydrogen-bond acceptors (Lipinski definition) is 3. The van der Waals surface area contributed by atoms with Crippen LogP contribution < -0.4 is 5.73 Å². The summed E-state index contributed by atoms with van der Waals surface area (Å²) in [5.41, 5.74) is 5.26. The van der Waals surface area contributed by atoms with Crippen molar-refractivity contribution in [2.24, 2.45) is 0 Å². The Morgan fingerprint density at radius 3 is 2.07 bits per heavy atom. The number of rotatable bonds is 2. The lowest BCUT2D eigenvalue weighted by Crippen LogP contribution is -2.07. The van der Waals surface area contributed by atoms with E-state index in [4.69, 9.17) is 15.9 Å². The fraction of sp³-hybridized carbons (Fsp3) is 0. The molecule has 0 unspecified atom stereocenters. The molecule has 4 N–H and O–H groups in total. The normalized spacial score (nSPS) is 9.79. The molecular weight excluding hydrogens is 301 g/mol. The number of carbonyl (C=O) groups is 2. The van der Waals surface area contributed by atoms with Gasteiger partial charge in [0.25, 0.3) is 0 Å². The van der Waals surface area contributed by atoms with Crippen molar-refractivity contribution in [3.05, 3.63) is 26.8 Å². The first-order valence-corrected chi connectivity index (χ1v) is 4.57. The molecule has 74 valence electrons. The summed E-state index contributed by atoms with van der Waals surface area (Å²) < 4.78 is 0.349. The Hall–Kier alpha value is -1.31. The summed E-state index contributed by atoms with van der Waals surface area (Å²) in [7, 11) is 0. The lowest BCUT2D eigenvalue weighted by Gasteiger charge is -2.04. The van der Waals surface area contributed by atoms with Crippen LogP contribution >= 0.6 is 22.6 Å². The van der Waals surface area contributed by atoms with Crippen molar-refractivity contribution in [2.75, 3.05) is 5.73 Å². The Morgan fingerprint density at radius 2 is 1.64 bits per heavy atom. The average Bonchev–Trinajstić information content (AvgIpc) is 2.07. The molecular formula is C8H6INO4. The Balaban J connectivity index is 3.38. The lowest BCUT2D eigenvalue weighted by molar-refractivity contribution is 0.0681. The van der Waals surface area contributed by atoms with Crippen LogP contribution in [0.1, 0.15) is 20.7 Å². The van der Waals surface area contributed by atoms with E-state index in [9.17, 15) is 9.59 Å². The second kappa shape index (κ2) is 3.82. The topological polar surface area (TPSA) is 101 Å². The van der Waals surface area contributed by atoms with Crippen LogP contribution in [-0.4, -0.2) is 22.2 Å². The maximum Gasteiger partial charge on any atom is 0.337 e. The molecule has 6 heteroatoms. The smallest absolute Gasteiger partial charge is 0.337 e. The third kappa shape index (κ3) is 1.95. The van der Waals surface area contributed by atoms with Gasteiger partial charge in [0.1, 0.15) is 0 Å². The van der Waals surface area contributed by atoms with Crippen molar-refractivity contribution in [1.82, 2.24) is 0 Å². The highest BCUT2D eigenvalue weighted by Gasteiger charge is 2.15. The van der Waals surface area contributed by atoms with Gasteiger partial charge in [-0.1, -0.05) is 0 Å². The number of aromatic carboxylic acids is 2. The van der Waals surface area contributed by atoms with Crippen molar-refractivity contribution in [3.63, 3.8) is 0 Å². The summed E-state index contributed by atoms with van der Waals surface area (Å²) in [5.74, 6) is -2.30. The van der Waals surface area contributed by atoms with Crippen molar-refractivity contribution < 1.29 is 19.8 Å². The summed E-state index contributed by atoms with van der Waals surface area (Å²) in [5, 5.41) is 17.4. The highest BCUT2D eigenvalue weighted by Crippen LogP contribution is 2.20. The fourth-order valence-corrected chi connectivity index (χ4v) is 1.64. The summed E-state index contributed by atoms with van der Waals surface area (Å²) >= 11 is 1.75. The van der Waals surface area contributed by atoms with E-state index >= 15 is 0 Å². The van der Waals surface area contributed by atoms with Crippen molar-refractivity contribution >= 4 is 40.2 Å². The van der Waals surface area contributed by atoms with Crippen LogP contribution in [0.25, 0.3) is 0 Å². The third-order valence-corrected chi connectivity index (χ3v) is 2.49. The summed E-state index contributed by atoms with van der Waals surface area (Å²) in [6, 6.07) is 2.38. The molecule has 0 radical (unpaired) electrons. The van der Waals surface area contributed by atoms with E-state index in [1.165, 1.54) is 6.07 Å². The number of hydrogen-bond donors (Lipinski definition) is 3. The van der Waals surface area contributed by atoms with Crippen molar-refractivity contribution in [1.29, 1.82) is 0 Å². The average molecular weight is 307 g/mol. The van der Waals surface area contributed by atoms with E-state index in [-0.39, 0.29) is 16.8 Å². The van der Waals surface area contributed by atoms with Gasteiger partial charge in [0.2, 0.25) is 0 Å². The van der Waals surface area contributed by atoms with Crippen LogP contribution in [-0.2, 0) is 0 Å². The van der Waals surface area contributed by atoms with Crippen molar-refractivity contribution in [3.8, 4) is 0 Å². The Labute approximate surface area is 92.7 Å². The van der Waals surface area contributed by atoms with E-state index in [1.807, 2.05) is 0 Å². The molecule has 0 fully saturated rings. The Kier molecular flexibility index (Phi) is 2.94. The molecule has 1 aromatic carbocycles. The van der Waals surface area contributed by atoms with Gasteiger partial charge in [0.05, 0.1) is 11.1 Å². The molecule has 0 saturated heterocycles. The number of benzene rings is 1. The quantitative estimate of drug-likeness (QED) is 0.564. The van der Waals surface area contributed by atoms with E-state index in [0.29, 0.717) is 3.57 Å². The van der Waals surface area contributed by atoms with Gasteiger partial charge in [-0.25, -0.2) is 9.59 Å². The third-order valence-electron chi connectivity index (χ3n) is 1.60. The molecule has 0 aliphatic carbocycles. The molecule has 1 aromatic rings. The minimum Gasteiger partial charge on any atom is -0.478 e. The van der Waals surface area contributed by atoms with Crippen molar-refractivity contribution in [2.45, 2.75) is 0 Å². The number of anilines is 1. The SMILES string of the molecule is Nc1cc(C(=O)O)c(I)cc1C(=O)O. The number of carboxylic acid groups (broad SMARTS) is 2. The highest BCUT2D eigenvalue weighted by molar-refractivity contribution is 14.1. The van der Waals surface area contributed by atoms with Crippen LogP contribution in [0.15, 0.2) is 12.1 Å². The van der Waals surface area contributed by atoms with Crippen LogP contribution in [0.2, 0.25) is 0 Å². The first kappa shape index (κ1) is 10.8. The minimum absolute atomic E-state index is 0.00750. The van der Waals surface area contributed by atoms with Gasteiger partial charge in [0, 0.05) is 9.26 Å². The zero-order valence-corrected chi connectivity index (χ0v) is 8.98. The summed E-state index contributed by atoms with van der Waals surface area (Å²) in [6.45, 7) is 0. The van der Waals surface area contributed by atoms with E-state index in [1.54, 1.807) is 22.6 Å². The number of nitrogen functional groups attached to an aromatic ring is 1. The van der Waals surface area contributed by atoms with Gasteiger partial charge < -0.3 is 15.9 Å². The molecule has 0 amide bonds. The zero-order chi connectivity index (χ0) is 10.9. The van der Waals surface area contributed by atoms with Crippen LogP contribution in [0.3, 0.4) is 0 Å². The van der Waals surface area contributed by atoms with Crippen LogP contribution in [0, 0.1) is 3.57 Å². The zero-order valence-electron chi connectivity index (χ0n) is 6.82. The number of nitrogens with two attached hydrogens (primary N) is 1. The molecule has 0 aliphatic rings. The van der Waals surface area contributed by atoms with Crippen LogP contribution in [0.4, 0.5) is 5.69 Å². The maximum absolute atomic E-state index is 10.6. The predicted octanol–water partition coefficient (Wildman–Crippen LogP) is 1.27. The van der Waals surface area contributed by atoms with Gasteiger partial charge in [-0.3, -0.25) is 0 Å². The van der Waals surface area contributed by atoms with E-state index in [2.05, 4.69) is 0 Å². The second-order valence-corrected chi connectivity index (χ2v) is 3.69. The predicted molar refractivity (Wildman–Crippen MR) is 57.5 cm³/mol. The van der Waals surface area contributed by atoms with Gasteiger partial charge in [0.15, 0.2) is 0 Å². The largest absolute Gasteiger partial charge is 0.478 e. The highest BCUT2D eigenvalue weighted by atomic mass is 127. The molecule has 0 atom stereocenters. The first-order chi connectivity index (χ1) is 6.43. The molecule has 1 rings (SSSR count). The van der Waals surface area contributed by atoms with Gasteiger partial charge >= 0.3 is 11.9 Å². The fourth-order valence-electron chi connectivity index (χ4n) is 0.939. The molecule has 14 heavy (non-hydrogen) atoms. The monoisotopic (exact) mass is 307 g/mol. The van der Waals surface area contributed by atoms with Gasteiger partial charge in [-0.05, 0) is 34.7 Å². The molecule has 0 aliphatic heterocycles. The van der Waals surface area contributed by atoms with Gasteiger partial charge in [-0.2, -0.15) is 0 Å². The lowest BCUT2D eigenvalue weighted by atomic mass is 10.1. The standard InChI is InChI=1S/C8H6INO4/c9-5-1-4(8(13)14)6(10)2-3(5)7(11)12/h1-2H,10H2,(H,11,12)(H,13,14). The Bertz CT molecular complexity index is 376. The van der Waals surface area contributed by atoms with Gasteiger partial charge in [-0.15, -0.1) is 0 Å². The summed E-state index contributed by atoms with van der Waals surface area (Å²) in [6.07, 6.45) is 0. The molecule has 0 aromatic heterocycles. The second-order valence-electron chi connectivity index (χ2n) is 2.53. The molecule has 0 heterocycles. The molecule has 0 saturated carbocycles. The molecule has 5 nitrogen and oxygen atoms in total. The van der Waals surface area contributed by atoms with E-state index < -0.39 is 11.9 Å². The summed E-state index contributed by atoms with van der Waals surface area (Å²) in [4.78, 5) is 21.3. The molecule has 0 spiro atoms. The minimum atomic E-state index is -1.17. The van der Waals surface area contributed by atoms with E-state index in [0.717, 1.165) is 6.07 Å². The Morgan fingerprint density at radius 1 is 1.14 bits per heavy atom. The van der Waals surface area contributed by atoms with Crippen LogP contribution in [0.5, 0.6) is 0 Å². The molecule has 0 bridgehead atoms.